The Bertz CT molecular complexity index is 800. The molecule has 1 aromatic heterocycles. The summed E-state index contributed by atoms with van der Waals surface area (Å²) in [6.45, 7) is 0. The minimum absolute atomic E-state index is 0.0746. The number of ether oxygens (including phenoxy) is 1. The van der Waals surface area contributed by atoms with Crippen LogP contribution in [0, 0.1) is 15.9 Å². The number of non-ortho nitro benzene ring substituents is 1. The summed E-state index contributed by atoms with van der Waals surface area (Å²) in [4.78, 5) is 9.86. The first kappa shape index (κ1) is 12.1. The van der Waals surface area contributed by atoms with E-state index in [1.54, 1.807) is 24.4 Å². The van der Waals surface area contributed by atoms with Crippen LogP contribution in [0.1, 0.15) is 0 Å². The Hall–Kier alpha value is -2.96. The first-order valence-corrected chi connectivity index (χ1v) is 5.68. The quantitative estimate of drug-likeness (QED) is 0.585. The Morgan fingerprint density at radius 3 is 2.85 bits per heavy atom. The molecule has 1 N–H and O–H groups in total. The smallest absolute Gasteiger partial charge is 0.272 e. The van der Waals surface area contributed by atoms with Crippen LogP contribution < -0.4 is 4.74 Å². The number of halogens is 1. The molecule has 0 aliphatic rings. The van der Waals surface area contributed by atoms with Crippen LogP contribution in [-0.4, -0.2) is 15.1 Å². The fraction of sp³-hybridized carbons (Fsp3) is 0. The van der Waals surface area contributed by atoms with Crippen molar-refractivity contribution >= 4 is 16.6 Å². The van der Waals surface area contributed by atoms with Crippen LogP contribution in [0.25, 0.3) is 10.9 Å². The minimum atomic E-state index is -0.788. The highest BCUT2D eigenvalue weighted by atomic mass is 19.1. The van der Waals surface area contributed by atoms with Gasteiger partial charge in [-0.25, -0.2) is 4.39 Å². The van der Waals surface area contributed by atoms with Gasteiger partial charge in [0.1, 0.15) is 5.75 Å². The van der Waals surface area contributed by atoms with E-state index in [1.165, 1.54) is 12.1 Å². The van der Waals surface area contributed by atoms with Crippen molar-refractivity contribution in [2.24, 2.45) is 0 Å². The molecule has 0 atom stereocenters. The van der Waals surface area contributed by atoms with E-state index in [9.17, 15) is 14.5 Å². The largest absolute Gasteiger partial charge is 0.454 e. The predicted octanol–water partition coefficient (Wildman–Crippen LogP) is 3.40. The number of nitro benzene ring substituents is 1. The highest BCUT2D eigenvalue weighted by Crippen LogP contribution is 2.28. The molecular formula is C13H8FN3O3. The number of fused-ring (bicyclic) bond motifs is 1. The van der Waals surface area contributed by atoms with Crippen LogP contribution in [0.15, 0.2) is 42.6 Å². The normalized spacial score (nSPS) is 10.7. The van der Waals surface area contributed by atoms with E-state index in [0.717, 1.165) is 17.0 Å². The SMILES string of the molecule is O=[N+]([O-])c1ccc(Oc2ccc3cn[nH]c3c2)c(F)c1. The van der Waals surface area contributed by atoms with Crippen molar-refractivity contribution in [2.45, 2.75) is 0 Å². The number of rotatable bonds is 3. The second-order valence-electron chi connectivity index (χ2n) is 4.09. The number of H-pyrrole nitrogens is 1. The average molecular weight is 273 g/mol. The van der Waals surface area contributed by atoms with Crippen molar-refractivity contribution < 1.29 is 14.1 Å². The summed E-state index contributed by atoms with van der Waals surface area (Å²) in [5.41, 5.74) is 0.434. The maximum absolute atomic E-state index is 13.7. The molecule has 2 aromatic carbocycles. The number of hydrogen-bond acceptors (Lipinski definition) is 4. The number of nitrogens with one attached hydrogen (secondary N) is 1. The van der Waals surface area contributed by atoms with Gasteiger partial charge >= 0.3 is 0 Å². The molecule has 0 radical (unpaired) electrons. The van der Waals surface area contributed by atoms with Crippen molar-refractivity contribution in [1.29, 1.82) is 0 Å². The van der Waals surface area contributed by atoms with Gasteiger partial charge in [-0.15, -0.1) is 0 Å². The van der Waals surface area contributed by atoms with Gasteiger partial charge < -0.3 is 4.74 Å². The molecule has 3 rings (SSSR count). The van der Waals surface area contributed by atoms with Crippen LogP contribution in [0.5, 0.6) is 11.5 Å². The highest BCUT2D eigenvalue weighted by molar-refractivity contribution is 5.79. The molecule has 7 heteroatoms. The van der Waals surface area contributed by atoms with E-state index in [1.807, 2.05) is 0 Å². The van der Waals surface area contributed by atoms with E-state index < -0.39 is 10.7 Å². The van der Waals surface area contributed by atoms with Crippen molar-refractivity contribution in [1.82, 2.24) is 10.2 Å². The molecule has 6 nitrogen and oxygen atoms in total. The Morgan fingerprint density at radius 2 is 2.10 bits per heavy atom. The fourth-order valence-electron chi connectivity index (χ4n) is 1.79. The summed E-state index contributed by atoms with van der Waals surface area (Å²) in [7, 11) is 0. The molecule has 0 amide bonds. The third-order valence-electron chi connectivity index (χ3n) is 2.77. The van der Waals surface area contributed by atoms with Gasteiger partial charge in [-0.3, -0.25) is 15.2 Å². The highest BCUT2D eigenvalue weighted by Gasteiger charge is 2.12. The van der Waals surface area contributed by atoms with Crippen molar-refractivity contribution in [2.75, 3.05) is 0 Å². The number of hydrogen-bond donors (Lipinski definition) is 1. The first-order valence-electron chi connectivity index (χ1n) is 5.68. The van der Waals surface area contributed by atoms with Crippen LogP contribution in [0.3, 0.4) is 0 Å². The molecule has 0 saturated heterocycles. The zero-order chi connectivity index (χ0) is 14.1. The van der Waals surface area contributed by atoms with Gasteiger partial charge in [-0.1, -0.05) is 0 Å². The Morgan fingerprint density at radius 1 is 1.25 bits per heavy atom. The maximum Gasteiger partial charge on any atom is 0.272 e. The Kier molecular flexibility index (Phi) is 2.79. The van der Waals surface area contributed by atoms with E-state index in [2.05, 4.69) is 10.2 Å². The number of nitrogens with zero attached hydrogens (tertiary/aromatic N) is 2. The predicted molar refractivity (Wildman–Crippen MR) is 69.2 cm³/mol. The third kappa shape index (κ3) is 2.16. The zero-order valence-corrected chi connectivity index (χ0v) is 10.0. The molecule has 3 aromatic rings. The molecule has 0 fully saturated rings. The topological polar surface area (TPSA) is 81.1 Å². The van der Waals surface area contributed by atoms with Crippen LogP contribution >= 0.6 is 0 Å². The number of benzene rings is 2. The van der Waals surface area contributed by atoms with Crippen molar-refractivity contribution in [3.63, 3.8) is 0 Å². The third-order valence-corrected chi connectivity index (χ3v) is 2.77. The summed E-state index contributed by atoms with van der Waals surface area (Å²) in [6, 6.07) is 8.35. The van der Waals surface area contributed by atoms with Gasteiger partial charge in [0, 0.05) is 17.5 Å². The lowest BCUT2D eigenvalue weighted by Gasteiger charge is -2.06. The summed E-state index contributed by atoms with van der Waals surface area (Å²) in [6.07, 6.45) is 1.66. The zero-order valence-electron chi connectivity index (χ0n) is 10.0. The lowest BCUT2D eigenvalue weighted by Crippen LogP contribution is -1.92. The number of aromatic amines is 1. The molecule has 0 spiro atoms. The molecule has 0 aliphatic carbocycles. The van der Waals surface area contributed by atoms with Gasteiger partial charge in [-0.05, 0) is 18.2 Å². The van der Waals surface area contributed by atoms with Gasteiger partial charge in [0.25, 0.3) is 5.69 Å². The molecule has 0 unspecified atom stereocenters. The van der Waals surface area contributed by atoms with Gasteiger partial charge in [-0.2, -0.15) is 5.10 Å². The van der Waals surface area contributed by atoms with E-state index in [0.29, 0.717) is 5.75 Å². The first-order chi connectivity index (χ1) is 9.63. The molecule has 20 heavy (non-hydrogen) atoms. The minimum Gasteiger partial charge on any atom is -0.454 e. The monoisotopic (exact) mass is 273 g/mol. The van der Waals surface area contributed by atoms with E-state index in [4.69, 9.17) is 4.74 Å². The lowest BCUT2D eigenvalue weighted by atomic mass is 10.2. The Labute approximate surface area is 111 Å². The Balaban J connectivity index is 1.92. The van der Waals surface area contributed by atoms with Crippen LogP contribution in [-0.2, 0) is 0 Å². The van der Waals surface area contributed by atoms with Crippen LogP contribution in [0.2, 0.25) is 0 Å². The number of nitro groups is 1. The molecule has 1 heterocycles. The molecule has 100 valence electrons. The summed E-state index contributed by atoms with van der Waals surface area (Å²) < 4.78 is 19.1. The van der Waals surface area contributed by atoms with E-state index >= 15 is 0 Å². The lowest BCUT2D eigenvalue weighted by molar-refractivity contribution is -0.385. The van der Waals surface area contributed by atoms with E-state index in [-0.39, 0.29) is 11.4 Å². The summed E-state index contributed by atoms with van der Waals surface area (Å²) in [5, 5.41) is 18.1. The van der Waals surface area contributed by atoms with Crippen molar-refractivity contribution in [3.8, 4) is 11.5 Å². The molecule has 0 saturated carbocycles. The standard InChI is InChI=1S/C13H8FN3O3/c14-11-5-9(17(18)19)2-4-13(11)20-10-3-1-8-7-15-16-12(8)6-10/h1-7H,(H,15,16). The van der Waals surface area contributed by atoms with Gasteiger partial charge in [0.2, 0.25) is 0 Å². The van der Waals surface area contributed by atoms with Gasteiger partial charge in [0.05, 0.1) is 22.7 Å². The van der Waals surface area contributed by atoms with Crippen LogP contribution in [0.4, 0.5) is 10.1 Å². The molecule has 0 bridgehead atoms. The maximum atomic E-state index is 13.7. The van der Waals surface area contributed by atoms with Gasteiger partial charge in [0.15, 0.2) is 11.6 Å². The summed E-state index contributed by atoms with van der Waals surface area (Å²) >= 11 is 0. The molecular weight excluding hydrogens is 265 g/mol. The average Bonchev–Trinajstić information content (AvgIpc) is 2.88. The number of aromatic nitrogens is 2. The summed E-state index contributed by atoms with van der Waals surface area (Å²) in [5.74, 6) is -0.451. The molecule has 0 aliphatic heterocycles. The second kappa shape index (κ2) is 4.61. The van der Waals surface area contributed by atoms with Crippen molar-refractivity contribution in [3.05, 3.63) is 58.5 Å². The fourth-order valence-corrected chi connectivity index (χ4v) is 1.79. The second-order valence-corrected chi connectivity index (χ2v) is 4.09.